The molecule has 0 aromatic heterocycles. The maximum absolute atomic E-state index is 11.9. The molecule has 146 valence electrons. The van der Waals surface area contributed by atoms with E-state index in [0.717, 1.165) is 25.7 Å². The van der Waals surface area contributed by atoms with Crippen LogP contribution in [-0.2, 0) is 19.1 Å². The van der Waals surface area contributed by atoms with Crippen molar-refractivity contribution in [2.24, 2.45) is 23.7 Å². The molecular formula is C22H34O4. The zero-order valence-electron chi connectivity index (χ0n) is 16.8. The summed E-state index contributed by atoms with van der Waals surface area (Å²) in [6.45, 7) is 9.60. The van der Waals surface area contributed by atoms with Crippen LogP contribution in [-0.4, -0.2) is 25.2 Å². The van der Waals surface area contributed by atoms with Gasteiger partial charge in [0.2, 0.25) is 0 Å². The second-order valence-electron chi connectivity index (χ2n) is 8.32. The average molecular weight is 363 g/mol. The molecule has 26 heavy (non-hydrogen) atoms. The number of ether oxygens (including phenoxy) is 2. The minimum absolute atomic E-state index is 0.105. The van der Waals surface area contributed by atoms with Crippen LogP contribution < -0.4 is 0 Å². The summed E-state index contributed by atoms with van der Waals surface area (Å²) in [5.74, 6) is 1.24. The van der Waals surface area contributed by atoms with Crippen molar-refractivity contribution in [3.05, 3.63) is 23.3 Å². The van der Waals surface area contributed by atoms with Crippen molar-refractivity contribution in [3.8, 4) is 0 Å². The molecule has 0 saturated carbocycles. The van der Waals surface area contributed by atoms with Crippen molar-refractivity contribution in [1.29, 1.82) is 0 Å². The van der Waals surface area contributed by atoms with Crippen molar-refractivity contribution in [1.82, 2.24) is 0 Å². The van der Waals surface area contributed by atoms with Gasteiger partial charge in [-0.15, -0.1) is 0 Å². The van der Waals surface area contributed by atoms with E-state index in [-0.39, 0.29) is 24.8 Å². The maximum Gasteiger partial charge on any atom is 0.306 e. The van der Waals surface area contributed by atoms with Crippen molar-refractivity contribution in [3.63, 3.8) is 0 Å². The molecule has 0 bridgehead atoms. The molecule has 2 aliphatic carbocycles. The van der Waals surface area contributed by atoms with Gasteiger partial charge in [-0.3, -0.25) is 9.59 Å². The van der Waals surface area contributed by atoms with E-state index >= 15 is 0 Å². The number of hydrogen-bond acceptors (Lipinski definition) is 4. The first kappa shape index (κ1) is 20.7. The molecule has 0 aromatic rings. The molecule has 2 rings (SSSR count). The second-order valence-corrected chi connectivity index (χ2v) is 8.32. The number of esters is 2. The van der Waals surface area contributed by atoms with Gasteiger partial charge in [-0.05, 0) is 63.2 Å². The largest absolute Gasteiger partial charge is 0.465 e. The Labute approximate surface area is 158 Å². The highest BCUT2D eigenvalue weighted by Gasteiger charge is 2.24. The molecule has 4 nitrogen and oxygen atoms in total. The Morgan fingerprint density at radius 3 is 1.58 bits per heavy atom. The van der Waals surface area contributed by atoms with E-state index in [1.165, 1.54) is 11.1 Å². The summed E-state index contributed by atoms with van der Waals surface area (Å²) in [4.78, 5) is 23.8. The van der Waals surface area contributed by atoms with Crippen LogP contribution >= 0.6 is 0 Å². The van der Waals surface area contributed by atoms with Gasteiger partial charge >= 0.3 is 11.9 Å². The van der Waals surface area contributed by atoms with Crippen LogP contribution in [0.2, 0.25) is 0 Å². The van der Waals surface area contributed by atoms with Crippen LogP contribution in [0.25, 0.3) is 0 Å². The van der Waals surface area contributed by atoms with Crippen molar-refractivity contribution < 1.29 is 19.1 Å². The normalized spacial score (nSPS) is 28.8. The molecule has 0 aromatic carbocycles. The third-order valence-electron chi connectivity index (χ3n) is 5.89. The SMILES string of the molecule is CC1=CCC(COC(=O)CCC(=O)OCC2CC=C(C)CC2C)C(C)C1. The van der Waals surface area contributed by atoms with E-state index in [9.17, 15) is 9.59 Å². The topological polar surface area (TPSA) is 52.6 Å². The third-order valence-corrected chi connectivity index (χ3v) is 5.89. The summed E-state index contributed by atoms with van der Waals surface area (Å²) < 4.78 is 10.8. The van der Waals surface area contributed by atoms with Gasteiger partial charge in [0.1, 0.15) is 0 Å². The fraction of sp³-hybridized carbons (Fsp3) is 0.727. The number of rotatable bonds is 7. The van der Waals surface area contributed by atoms with Crippen LogP contribution in [0.1, 0.15) is 66.2 Å². The second kappa shape index (κ2) is 9.94. The molecule has 4 atom stereocenters. The van der Waals surface area contributed by atoms with Crippen LogP contribution in [0.4, 0.5) is 0 Å². The summed E-state index contributed by atoms with van der Waals surface area (Å²) >= 11 is 0. The monoisotopic (exact) mass is 362 g/mol. The lowest BCUT2D eigenvalue weighted by Crippen LogP contribution is -2.24. The van der Waals surface area contributed by atoms with Gasteiger partial charge in [-0.2, -0.15) is 0 Å². The molecule has 4 unspecified atom stereocenters. The minimum Gasteiger partial charge on any atom is -0.465 e. The Balaban J connectivity index is 1.60. The molecule has 2 aliphatic rings. The highest BCUT2D eigenvalue weighted by Crippen LogP contribution is 2.30. The van der Waals surface area contributed by atoms with E-state index in [4.69, 9.17) is 9.47 Å². The fourth-order valence-electron chi connectivity index (χ4n) is 3.90. The van der Waals surface area contributed by atoms with Gasteiger partial charge in [0.05, 0.1) is 26.1 Å². The Bertz CT molecular complexity index is 510. The minimum atomic E-state index is -0.301. The molecule has 0 saturated heterocycles. The first-order valence-corrected chi connectivity index (χ1v) is 9.97. The van der Waals surface area contributed by atoms with Crippen LogP contribution in [0.5, 0.6) is 0 Å². The lowest BCUT2D eigenvalue weighted by Gasteiger charge is -2.27. The lowest BCUT2D eigenvalue weighted by atomic mass is 9.82. The smallest absolute Gasteiger partial charge is 0.306 e. The number of allylic oxidation sites excluding steroid dienone is 4. The predicted octanol–water partition coefficient (Wildman–Crippen LogP) is 4.84. The van der Waals surface area contributed by atoms with Gasteiger partial charge in [0.15, 0.2) is 0 Å². The molecule has 0 radical (unpaired) electrons. The predicted molar refractivity (Wildman–Crippen MR) is 102 cm³/mol. The van der Waals surface area contributed by atoms with Crippen LogP contribution in [0.15, 0.2) is 23.3 Å². The first-order chi connectivity index (χ1) is 12.3. The van der Waals surface area contributed by atoms with Crippen LogP contribution in [0.3, 0.4) is 0 Å². The van der Waals surface area contributed by atoms with E-state index in [2.05, 4.69) is 39.8 Å². The molecule has 0 fully saturated rings. The Kier molecular flexibility index (Phi) is 7.92. The summed E-state index contributed by atoms with van der Waals surface area (Å²) in [7, 11) is 0. The average Bonchev–Trinajstić information content (AvgIpc) is 2.58. The fourth-order valence-corrected chi connectivity index (χ4v) is 3.90. The maximum atomic E-state index is 11.9. The zero-order valence-corrected chi connectivity index (χ0v) is 16.8. The van der Waals surface area contributed by atoms with Gasteiger partial charge in [0.25, 0.3) is 0 Å². The lowest BCUT2D eigenvalue weighted by molar-refractivity contribution is -0.152. The molecule has 0 N–H and O–H groups in total. The standard InChI is InChI=1S/C22H34O4/c1-15-5-7-19(17(3)11-15)13-25-21(23)9-10-22(24)26-14-20-8-6-16(2)12-18(20)4/h5-6,17-20H,7-14H2,1-4H3. The van der Waals surface area contributed by atoms with Gasteiger partial charge in [-0.25, -0.2) is 0 Å². The third kappa shape index (κ3) is 6.62. The van der Waals surface area contributed by atoms with E-state index in [1.54, 1.807) is 0 Å². The van der Waals surface area contributed by atoms with E-state index in [1.807, 2.05) is 0 Å². The van der Waals surface area contributed by atoms with Crippen molar-refractivity contribution in [2.75, 3.05) is 13.2 Å². The Hall–Kier alpha value is -1.58. The Morgan fingerprint density at radius 2 is 1.23 bits per heavy atom. The molecule has 0 spiro atoms. The van der Waals surface area contributed by atoms with Gasteiger partial charge in [-0.1, -0.05) is 37.1 Å². The number of hydrogen-bond donors (Lipinski definition) is 0. The molecule has 0 amide bonds. The summed E-state index contributed by atoms with van der Waals surface area (Å²) in [6, 6.07) is 0. The number of carbonyl (C=O) groups excluding carboxylic acids is 2. The summed E-state index contributed by atoms with van der Waals surface area (Å²) in [5, 5.41) is 0. The van der Waals surface area contributed by atoms with Crippen molar-refractivity contribution >= 4 is 11.9 Å². The quantitative estimate of drug-likeness (QED) is 0.480. The molecule has 0 aliphatic heterocycles. The molecule has 0 heterocycles. The van der Waals surface area contributed by atoms with Crippen molar-refractivity contribution in [2.45, 2.75) is 66.2 Å². The van der Waals surface area contributed by atoms with E-state index in [0.29, 0.717) is 36.9 Å². The number of carbonyl (C=O) groups is 2. The summed E-state index contributed by atoms with van der Waals surface area (Å²) in [6.07, 6.45) is 8.76. The Morgan fingerprint density at radius 1 is 0.846 bits per heavy atom. The van der Waals surface area contributed by atoms with Gasteiger partial charge in [0, 0.05) is 0 Å². The zero-order chi connectivity index (χ0) is 19.1. The van der Waals surface area contributed by atoms with Gasteiger partial charge < -0.3 is 9.47 Å². The first-order valence-electron chi connectivity index (χ1n) is 9.97. The van der Waals surface area contributed by atoms with E-state index < -0.39 is 0 Å². The summed E-state index contributed by atoms with van der Waals surface area (Å²) in [5.41, 5.74) is 2.83. The highest BCUT2D eigenvalue weighted by molar-refractivity contribution is 5.77. The van der Waals surface area contributed by atoms with Crippen LogP contribution in [0, 0.1) is 23.7 Å². The molecule has 4 heteroatoms. The highest BCUT2D eigenvalue weighted by atomic mass is 16.5. The molecular weight excluding hydrogens is 328 g/mol.